The van der Waals surface area contributed by atoms with Crippen LogP contribution < -0.4 is 11.1 Å². The van der Waals surface area contributed by atoms with Crippen LogP contribution in [0, 0.1) is 0 Å². The van der Waals surface area contributed by atoms with Crippen LogP contribution in [0.3, 0.4) is 0 Å². The molecule has 0 aliphatic carbocycles. The maximum Gasteiger partial charge on any atom is 0.246 e. The lowest BCUT2D eigenvalue weighted by molar-refractivity contribution is -0.128. The Morgan fingerprint density at radius 2 is 2.10 bits per heavy atom. The molecule has 1 aromatic carbocycles. The molecule has 1 fully saturated rings. The molecule has 1 aromatic rings. The molecule has 0 unspecified atom stereocenters. The van der Waals surface area contributed by atoms with E-state index in [0.717, 1.165) is 0 Å². The van der Waals surface area contributed by atoms with E-state index in [1.807, 2.05) is 0 Å². The highest BCUT2D eigenvalue weighted by molar-refractivity contribution is 6.42. The van der Waals surface area contributed by atoms with Crippen LogP contribution in [-0.4, -0.2) is 30.6 Å². The van der Waals surface area contributed by atoms with Crippen molar-refractivity contribution in [3.63, 3.8) is 0 Å². The zero-order valence-electron chi connectivity index (χ0n) is 11.3. The third-order valence-corrected chi connectivity index (χ3v) is 4.19. The number of nitrogens with two attached hydrogens (primary N) is 1. The van der Waals surface area contributed by atoms with Crippen molar-refractivity contribution in [2.45, 2.75) is 31.5 Å². The number of benzene rings is 1. The van der Waals surface area contributed by atoms with E-state index in [2.05, 4.69) is 5.32 Å². The van der Waals surface area contributed by atoms with Crippen LogP contribution >= 0.6 is 23.2 Å². The van der Waals surface area contributed by atoms with Crippen molar-refractivity contribution in [2.75, 3.05) is 6.54 Å². The van der Waals surface area contributed by atoms with Crippen LogP contribution in [0.1, 0.15) is 18.4 Å². The molecule has 0 saturated carbocycles. The largest absolute Gasteiger partial charge is 0.367 e. The number of primary amides is 1. The summed E-state index contributed by atoms with van der Waals surface area (Å²) in [6, 6.07) is 5.17. The Morgan fingerprint density at radius 3 is 2.76 bits per heavy atom. The topological polar surface area (TPSA) is 81.4 Å². The molecule has 5 nitrogen and oxygen atoms in total. The fourth-order valence-corrected chi connectivity index (χ4v) is 2.60. The molecule has 114 valence electrons. The van der Waals surface area contributed by atoms with Gasteiger partial charge in [-0.15, -0.1) is 0 Å². The Kier molecular flexibility index (Phi) is 5.45. The van der Waals surface area contributed by atoms with Gasteiger partial charge >= 0.3 is 0 Å². The van der Waals surface area contributed by atoms with Gasteiger partial charge in [0.1, 0.15) is 6.10 Å². The molecule has 0 aromatic heterocycles. The Hall–Kier alpha value is -1.30. The number of hydrogen-bond acceptors (Lipinski definition) is 3. The van der Waals surface area contributed by atoms with E-state index >= 15 is 0 Å². The van der Waals surface area contributed by atoms with Crippen LogP contribution in [0.2, 0.25) is 10.0 Å². The Labute approximate surface area is 132 Å². The number of carbonyl (C=O) groups excluding carboxylic acids is 2. The molecule has 2 amide bonds. The van der Waals surface area contributed by atoms with E-state index in [1.54, 1.807) is 18.2 Å². The fraction of sp³-hybridized carbons (Fsp3) is 0.429. The smallest absolute Gasteiger partial charge is 0.246 e. The Balaban J connectivity index is 1.80. The van der Waals surface area contributed by atoms with E-state index in [4.69, 9.17) is 33.7 Å². The van der Waals surface area contributed by atoms with Gasteiger partial charge in [-0.25, -0.2) is 0 Å². The highest BCUT2D eigenvalue weighted by Gasteiger charge is 2.29. The third kappa shape index (κ3) is 4.33. The zero-order chi connectivity index (χ0) is 15.4. The normalized spacial score (nSPS) is 21.2. The summed E-state index contributed by atoms with van der Waals surface area (Å²) >= 11 is 11.9. The summed E-state index contributed by atoms with van der Waals surface area (Å²) in [6.45, 7) is 0.348. The number of halogens is 2. The van der Waals surface area contributed by atoms with E-state index in [0.29, 0.717) is 35.0 Å². The first-order valence-electron chi connectivity index (χ1n) is 6.61. The van der Waals surface area contributed by atoms with E-state index in [-0.39, 0.29) is 18.4 Å². The van der Waals surface area contributed by atoms with Crippen LogP contribution in [-0.2, 0) is 20.7 Å². The minimum absolute atomic E-state index is 0.144. The number of ether oxygens (including phenoxy) is 1. The summed E-state index contributed by atoms with van der Waals surface area (Å²) in [5.41, 5.74) is 5.84. The Bertz CT molecular complexity index is 551. The van der Waals surface area contributed by atoms with Gasteiger partial charge in [0, 0.05) is 6.54 Å². The van der Waals surface area contributed by atoms with Gasteiger partial charge in [0.15, 0.2) is 0 Å². The number of amides is 2. The molecule has 0 radical (unpaired) electrons. The first-order chi connectivity index (χ1) is 9.97. The molecule has 2 atom stereocenters. The van der Waals surface area contributed by atoms with Crippen molar-refractivity contribution in [1.29, 1.82) is 0 Å². The second-order valence-corrected chi connectivity index (χ2v) is 5.71. The first-order valence-corrected chi connectivity index (χ1v) is 7.37. The summed E-state index contributed by atoms with van der Waals surface area (Å²) in [6.07, 6.45) is 0.711. The standard InChI is InChI=1S/C14H16Cl2N2O3/c15-10-3-1-2-8(13(10)16)6-12(19)18-7-9-4-5-11(21-9)14(17)20/h1-3,9,11H,4-7H2,(H2,17,20)(H,18,19)/t9-,11-/m0/s1. The quantitative estimate of drug-likeness (QED) is 0.861. The molecule has 0 bridgehead atoms. The van der Waals surface area contributed by atoms with E-state index < -0.39 is 12.0 Å². The van der Waals surface area contributed by atoms with Crippen LogP contribution in [0.5, 0.6) is 0 Å². The van der Waals surface area contributed by atoms with Gasteiger partial charge in [0.25, 0.3) is 0 Å². The lowest BCUT2D eigenvalue weighted by Crippen LogP contribution is -2.35. The van der Waals surface area contributed by atoms with Gasteiger partial charge in [0.05, 0.1) is 22.6 Å². The van der Waals surface area contributed by atoms with E-state index in [9.17, 15) is 9.59 Å². The predicted octanol–water partition coefficient (Wildman–Crippen LogP) is 1.69. The molecule has 21 heavy (non-hydrogen) atoms. The Morgan fingerprint density at radius 1 is 1.33 bits per heavy atom. The van der Waals surface area contributed by atoms with Gasteiger partial charge in [0.2, 0.25) is 11.8 Å². The van der Waals surface area contributed by atoms with Crippen molar-refractivity contribution in [2.24, 2.45) is 5.73 Å². The van der Waals surface area contributed by atoms with Crippen LogP contribution in [0.15, 0.2) is 18.2 Å². The molecule has 0 spiro atoms. The fourth-order valence-electron chi connectivity index (χ4n) is 2.21. The van der Waals surface area contributed by atoms with Gasteiger partial charge in [-0.05, 0) is 24.5 Å². The van der Waals surface area contributed by atoms with Crippen molar-refractivity contribution >= 4 is 35.0 Å². The lowest BCUT2D eigenvalue weighted by atomic mass is 10.1. The number of hydrogen-bond donors (Lipinski definition) is 2. The average molecular weight is 331 g/mol. The van der Waals surface area contributed by atoms with Crippen LogP contribution in [0.25, 0.3) is 0 Å². The summed E-state index contributed by atoms with van der Waals surface area (Å²) in [5, 5.41) is 3.57. The molecular formula is C14H16Cl2N2O3. The molecule has 3 N–H and O–H groups in total. The summed E-state index contributed by atoms with van der Waals surface area (Å²) in [7, 11) is 0. The summed E-state index contributed by atoms with van der Waals surface area (Å²) in [5.74, 6) is -0.639. The number of rotatable bonds is 5. The SMILES string of the molecule is NC(=O)[C@@H]1CC[C@@H](CNC(=O)Cc2cccc(Cl)c2Cl)O1. The maximum absolute atomic E-state index is 11.9. The number of nitrogens with one attached hydrogen (secondary N) is 1. The molecule has 1 aliphatic rings. The average Bonchev–Trinajstić information content (AvgIpc) is 2.91. The second-order valence-electron chi connectivity index (χ2n) is 4.92. The summed E-state index contributed by atoms with van der Waals surface area (Å²) < 4.78 is 5.43. The van der Waals surface area contributed by atoms with Crippen molar-refractivity contribution in [1.82, 2.24) is 5.32 Å². The second kappa shape index (κ2) is 7.11. The first kappa shape index (κ1) is 16.1. The van der Waals surface area contributed by atoms with Gasteiger partial charge in [-0.3, -0.25) is 9.59 Å². The molecule has 1 saturated heterocycles. The highest BCUT2D eigenvalue weighted by atomic mass is 35.5. The molecular weight excluding hydrogens is 315 g/mol. The molecule has 7 heteroatoms. The minimum atomic E-state index is -0.547. The van der Waals surface area contributed by atoms with Crippen molar-refractivity contribution in [3.05, 3.63) is 33.8 Å². The lowest BCUT2D eigenvalue weighted by Gasteiger charge is -2.13. The summed E-state index contributed by atoms with van der Waals surface area (Å²) in [4.78, 5) is 22.9. The van der Waals surface area contributed by atoms with Gasteiger partial charge in [-0.2, -0.15) is 0 Å². The van der Waals surface area contributed by atoms with Crippen molar-refractivity contribution in [3.8, 4) is 0 Å². The molecule has 1 aliphatic heterocycles. The number of carbonyl (C=O) groups is 2. The van der Waals surface area contributed by atoms with E-state index in [1.165, 1.54) is 0 Å². The molecule has 1 heterocycles. The zero-order valence-corrected chi connectivity index (χ0v) is 12.8. The van der Waals surface area contributed by atoms with Gasteiger partial charge in [-0.1, -0.05) is 35.3 Å². The van der Waals surface area contributed by atoms with Crippen molar-refractivity contribution < 1.29 is 14.3 Å². The van der Waals surface area contributed by atoms with Crippen LogP contribution in [0.4, 0.5) is 0 Å². The monoisotopic (exact) mass is 330 g/mol. The highest BCUT2D eigenvalue weighted by Crippen LogP contribution is 2.25. The predicted molar refractivity (Wildman–Crippen MR) is 80.3 cm³/mol. The third-order valence-electron chi connectivity index (χ3n) is 3.33. The van der Waals surface area contributed by atoms with Gasteiger partial charge < -0.3 is 15.8 Å². The molecule has 2 rings (SSSR count). The maximum atomic E-state index is 11.9. The minimum Gasteiger partial charge on any atom is -0.367 e.